The molecule has 0 aliphatic carbocycles. The zero-order valence-corrected chi connectivity index (χ0v) is 17.7. The predicted molar refractivity (Wildman–Crippen MR) is 115 cm³/mol. The van der Waals surface area contributed by atoms with Gasteiger partial charge in [0, 0.05) is 25.3 Å². The van der Waals surface area contributed by atoms with Gasteiger partial charge in [-0.15, -0.1) is 0 Å². The number of rotatable bonds is 7. The maximum absolute atomic E-state index is 13.4. The van der Waals surface area contributed by atoms with Crippen molar-refractivity contribution >= 4 is 5.91 Å². The fourth-order valence-corrected chi connectivity index (χ4v) is 3.65. The molecule has 0 fully saturated rings. The van der Waals surface area contributed by atoms with Crippen molar-refractivity contribution in [3.05, 3.63) is 77.1 Å². The molecule has 0 spiro atoms. The quantitative estimate of drug-likeness (QED) is 0.593. The lowest BCUT2D eigenvalue weighted by Gasteiger charge is -2.29. The van der Waals surface area contributed by atoms with Crippen molar-refractivity contribution in [2.45, 2.75) is 39.3 Å². The third-order valence-corrected chi connectivity index (χ3v) is 5.61. The lowest BCUT2D eigenvalue weighted by molar-refractivity contribution is 0.0660. The first-order valence-electron chi connectivity index (χ1n) is 10.3. The van der Waals surface area contributed by atoms with Gasteiger partial charge in [-0.25, -0.2) is 0 Å². The van der Waals surface area contributed by atoms with Gasteiger partial charge >= 0.3 is 0 Å². The summed E-state index contributed by atoms with van der Waals surface area (Å²) < 4.78 is 12.7. The van der Waals surface area contributed by atoms with Crippen LogP contribution in [-0.2, 0) is 20.0 Å². The van der Waals surface area contributed by atoms with Gasteiger partial charge in [-0.2, -0.15) is 5.10 Å². The highest BCUT2D eigenvalue weighted by Crippen LogP contribution is 2.33. The van der Waals surface area contributed by atoms with Crippen molar-refractivity contribution < 1.29 is 14.3 Å². The van der Waals surface area contributed by atoms with E-state index in [1.165, 1.54) is 5.56 Å². The molecule has 30 heavy (non-hydrogen) atoms. The average molecular weight is 405 g/mol. The largest absolute Gasteiger partial charge is 0.454 e. The number of benzene rings is 2. The van der Waals surface area contributed by atoms with Gasteiger partial charge in [0.2, 0.25) is 6.79 Å². The second-order valence-corrected chi connectivity index (χ2v) is 7.79. The van der Waals surface area contributed by atoms with E-state index in [-0.39, 0.29) is 18.7 Å². The molecular formula is C24H27N3O3. The molecule has 1 aliphatic heterocycles. The first kappa shape index (κ1) is 20.0. The van der Waals surface area contributed by atoms with Crippen molar-refractivity contribution in [2.24, 2.45) is 7.05 Å². The molecule has 4 rings (SSSR count). The molecule has 156 valence electrons. The number of aryl methyl sites for hydroxylation is 3. The van der Waals surface area contributed by atoms with Gasteiger partial charge in [0.1, 0.15) is 0 Å². The van der Waals surface area contributed by atoms with E-state index in [0.717, 1.165) is 35.6 Å². The first-order chi connectivity index (χ1) is 14.5. The van der Waals surface area contributed by atoms with Crippen LogP contribution in [0, 0.1) is 6.92 Å². The molecule has 1 aromatic heterocycles. The van der Waals surface area contributed by atoms with Crippen molar-refractivity contribution in [3.63, 3.8) is 0 Å². The molecule has 6 nitrogen and oxygen atoms in total. The fourth-order valence-electron chi connectivity index (χ4n) is 3.65. The molecule has 0 saturated carbocycles. The van der Waals surface area contributed by atoms with Crippen molar-refractivity contribution in [3.8, 4) is 11.5 Å². The van der Waals surface area contributed by atoms with Crippen LogP contribution in [0.25, 0.3) is 0 Å². The van der Waals surface area contributed by atoms with Crippen molar-refractivity contribution in [1.82, 2.24) is 14.7 Å². The number of hydrogen-bond donors (Lipinski definition) is 0. The highest BCUT2D eigenvalue weighted by Gasteiger charge is 2.25. The van der Waals surface area contributed by atoms with Crippen LogP contribution in [0.4, 0.5) is 0 Å². The van der Waals surface area contributed by atoms with E-state index >= 15 is 0 Å². The smallest absolute Gasteiger partial charge is 0.274 e. The summed E-state index contributed by atoms with van der Waals surface area (Å²) in [7, 11) is 1.85. The Morgan fingerprint density at radius 1 is 1.10 bits per heavy atom. The zero-order valence-electron chi connectivity index (χ0n) is 17.7. The zero-order chi connectivity index (χ0) is 21.1. The van der Waals surface area contributed by atoms with Crippen LogP contribution in [0.2, 0.25) is 0 Å². The van der Waals surface area contributed by atoms with Gasteiger partial charge in [0.15, 0.2) is 17.2 Å². The normalized spacial score (nSPS) is 13.3. The number of fused-ring (bicyclic) bond motifs is 1. The minimum Gasteiger partial charge on any atom is -0.454 e. The standard InChI is InChI=1S/C24H27N3O3/c1-17(9-10-19-7-5-4-6-8-19)27(24(28)21-13-18(2)26(3)25-21)15-20-11-12-22-23(14-20)30-16-29-22/h4-8,11-14,17H,9-10,15-16H2,1-3H3. The molecule has 1 atom stereocenters. The molecule has 1 aliphatic rings. The average Bonchev–Trinajstić information content (AvgIpc) is 3.36. The molecule has 2 aromatic carbocycles. The van der Waals surface area contributed by atoms with Crippen LogP contribution < -0.4 is 9.47 Å². The Morgan fingerprint density at radius 3 is 2.60 bits per heavy atom. The monoisotopic (exact) mass is 405 g/mol. The topological polar surface area (TPSA) is 56.6 Å². The van der Waals surface area contributed by atoms with E-state index in [2.05, 4.69) is 24.2 Å². The molecular weight excluding hydrogens is 378 g/mol. The highest BCUT2D eigenvalue weighted by molar-refractivity contribution is 5.92. The van der Waals surface area contributed by atoms with E-state index in [0.29, 0.717) is 12.2 Å². The van der Waals surface area contributed by atoms with E-state index in [4.69, 9.17) is 9.47 Å². The highest BCUT2D eigenvalue weighted by atomic mass is 16.7. The molecule has 0 N–H and O–H groups in total. The summed E-state index contributed by atoms with van der Waals surface area (Å²) in [6.07, 6.45) is 1.78. The summed E-state index contributed by atoms with van der Waals surface area (Å²) in [6, 6.07) is 18.1. The van der Waals surface area contributed by atoms with Crippen LogP contribution in [0.5, 0.6) is 11.5 Å². The lowest BCUT2D eigenvalue weighted by atomic mass is 10.0. The summed E-state index contributed by atoms with van der Waals surface area (Å²) in [5.41, 5.74) is 3.71. The van der Waals surface area contributed by atoms with Crippen LogP contribution in [0.15, 0.2) is 54.6 Å². The summed E-state index contributed by atoms with van der Waals surface area (Å²) >= 11 is 0. The van der Waals surface area contributed by atoms with Crippen LogP contribution in [0.1, 0.15) is 40.7 Å². The Hall–Kier alpha value is -3.28. The van der Waals surface area contributed by atoms with Gasteiger partial charge in [0.05, 0.1) is 0 Å². The molecule has 3 aromatic rings. The van der Waals surface area contributed by atoms with Gasteiger partial charge < -0.3 is 14.4 Å². The van der Waals surface area contributed by atoms with Gasteiger partial charge in [-0.1, -0.05) is 36.4 Å². The second-order valence-electron chi connectivity index (χ2n) is 7.79. The Kier molecular flexibility index (Phi) is 5.74. The molecule has 1 unspecified atom stereocenters. The van der Waals surface area contributed by atoms with Gasteiger partial charge in [-0.3, -0.25) is 9.48 Å². The van der Waals surface area contributed by atoms with E-state index in [1.807, 2.05) is 61.3 Å². The number of carbonyl (C=O) groups is 1. The van der Waals surface area contributed by atoms with Gasteiger partial charge in [-0.05, 0) is 56.0 Å². The molecule has 6 heteroatoms. The fraction of sp³-hybridized carbons (Fsp3) is 0.333. The molecule has 1 amide bonds. The van der Waals surface area contributed by atoms with Gasteiger partial charge in [0.25, 0.3) is 5.91 Å². The Morgan fingerprint density at radius 2 is 1.87 bits per heavy atom. The first-order valence-corrected chi connectivity index (χ1v) is 10.3. The molecule has 0 saturated heterocycles. The molecule has 0 bridgehead atoms. The Bertz CT molecular complexity index is 1010. The minimum absolute atomic E-state index is 0.0467. The minimum atomic E-state index is -0.0584. The summed E-state index contributed by atoms with van der Waals surface area (Å²) in [5, 5.41) is 4.41. The third kappa shape index (κ3) is 4.32. The summed E-state index contributed by atoms with van der Waals surface area (Å²) in [6.45, 7) is 4.78. The predicted octanol–water partition coefficient (Wildman–Crippen LogP) is 4.12. The van der Waals surface area contributed by atoms with E-state index in [9.17, 15) is 4.79 Å². The molecule has 2 heterocycles. The van der Waals surface area contributed by atoms with Crippen LogP contribution >= 0.6 is 0 Å². The maximum Gasteiger partial charge on any atom is 0.274 e. The summed E-state index contributed by atoms with van der Waals surface area (Å²) in [4.78, 5) is 15.3. The Labute approximate surface area is 177 Å². The number of aromatic nitrogens is 2. The number of hydrogen-bond acceptors (Lipinski definition) is 4. The van der Waals surface area contributed by atoms with E-state index in [1.54, 1.807) is 4.68 Å². The summed E-state index contributed by atoms with van der Waals surface area (Å²) in [5.74, 6) is 1.41. The van der Waals surface area contributed by atoms with Crippen LogP contribution in [0.3, 0.4) is 0 Å². The second kappa shape index (κ2) is 8.61. The number of nitrogens with zero attached hydrogens (tertiary/aromatic N) is 3. The van der Waals surface area contributed by atoms with Crippen LogP contribution in [-0.4, -0.2) is 33.4 Å². The Balaban J connectivity index is 1.55. The number of amides is 1. The third-order valence-electron chi connectivity index (χ3n) is 5.61. The number of ether oxygens (including phenoxy) is 2. The van der Waals surface area contributed by atoms with E-state index < -0.39 is 0 Å². The lowest BCUT2D eigenvalue weighted by Crippen LogP contribution is -2.38. The number of carbonyl (C=O) groups excluding carboxylic acids is 1. The van der Waals surface area contributed by atoms with Crippen molar-refractivity contribution in [1.29, 1.82) is 0 Å². The maximum atomic E-state index is 13.4. The van der Waals surface area contributed by atoms with Crippen molar-refractivity contribution in [2.75, 3.05) is 6.79 Å². The molecule has 0 radical (unpaired) electrons. The SMILES string of the molecule is Cc1cc(C(=O)N(Cc2ccc3c(c2)OCO3)C(C)CCc2ccccc2)nn1C.